The summed E-state index contributed by atoms with van der Waals surface area (Å²) < 4.78 is 23.0. The molecule has 0 fully saturated rings. The smallest absolute Gasteiger partial charge is 0.338 e. The van der Waals surface area contributed by atoms with Gasteiger partial charge >= 0.3 is 5.97 Å². The van der Waals surface area contributed by atoms with Crippen molar-refractivity contribution in [3.63, 3.8) is 0 Å². The standard InChI is InChI=1S/C24H26N2O6/c1-15-6-7-16(2)26(15)19-10-8-17(9-11-19)24(28)32-14-22(27)25-18-12-20(29-3)23(31-5)21(13-18)30-4/h6-13H,14H2,1-5H3,(H,25,27). The van der Waals surface area contributed by atoms with Crippen LogP contribution in [0.5, 0.6) is 17.2 Å². The number of nitrogens with zero attached hydrogens (tertiary/aromatic N) is 1. The molecule has 3 rings (SSSR count). The first kappa shape index (κ1) is 22.7. The van der Waals surface area contributed by atoms with E-state index in [1.54, 1.807) is 24.3 Å². The Bertz CT molecular complexity index is 1070. The molecule has 0 spiro atoms. The van der Waals surface area contributed by atoms with Gasteiger partial charge < -0.3 is 28.8 Å². The fourth-order valence-electron chi connectivity index (χ4n) is 3.39. The number of ether oxygens (including phenoxy) is 4. The van der Waals surface area contributed by atoms with E-state index in [1.807, 2.05) is 38.1 Å². The van der Waals surface area contributed by atoms with Crippen molar-refractivity contribution in [3.05, 3.63) is 65.5 Å². The zero-order valence-corrected chi connectivity index (χ0v) is 18.7. The van der Waals surface area contributed by atoms with Crippen LogP contribution in [0.25, 0.3) is 5.69 Å². The Morgan fingerprint density at radius 3 is 1.91 bits per heavy atom. The lowest BCUT2D eigenvalue weighted by Gasteiger charge is -2.14. The number of esters is 1. The van der Waals surface area contributed by atoms with E-state index in [4.69, 9.17) is 18.9 Å². The van der Waals surface area contributed by atoms with Crippen LogP contribution in [0.3, 0.4) is 0 Å². The van der Waals surface area contributed by atoms with Crippen molar-refractivity contribution < 1.29 is 28.5 Å². The summed E-state index contributed by atoms with van der Waals surface area (Å²) in [6.07, 6.45) is 0. The molecule has 8 nitrogen and oxygen atoms in total. The van der Waals surface area contributed by atoms with Gasteiger partial charge in [0.15, 0.2) is 18.1 Å². The van der Waals surface area contributed by atoms with Gasteiger partial charge in [0.05, 0.1) is 26.9 Å². The summed E-state index contributed by atoms with van der Waals surface area (Å²) in [5.41, 5.74) is 3.92. The van der Waals surface area contributed by atoms with Crippen molar-refractivity contribution in [1.82, 2.24) is 4.57 Å². The lowest BCUT2D eigenvalue weighted by atomic mass is 10.2. The molecule has 0 saturated heterocycles. The minimum absolute atomic E-state index is 0.358. The van der Waals surface area contributed by atoms with Gasteiger partial charge in [0, 0.05) is 34.9 Å². The van der Waals surface area contributed by atoms with Crippen LogP contribution in [0.15, 0.2) is 48.5 Å². The minimum atomic E-state index is -0.586. The number of carbonyl (C=O) groups is 2. The van der Waals surface area contributed by atoms with E-state index >= 15 is 0 Å². The number of hydrogen-bond donors (Lipinski definition) is 1. The number of hydrogen-bond acceptors (Lipinski definition) is 6. The van der Waals surface area contributed by atoms with E-state index < -0.39 is 18.5 Å². The SMILES string of the molecule is COc1cc(NC(=O)COC(=O)c2ccc(-n3c(C)ccc3C)cc2)cc(OC)c1OC. The molecule has 0 unspecified atom stereocenters. The second kappa shape index (κ2) is 9.91. The highest BCUT2D eigenvalue weighted by Gasteiger charge is 2.16. The molecule has 1 aromatic heterocycles. The van der Waals surface area contributed by atoms with Gasteiger partial charge in [-0.3, -0.25) is 4.79 Å². The number of anilines is 1. The number of amides is 1. The Hall–Kier alpha value is -3.94. The van der Waals surface area contributed by atoms with Gasteiger partial charge in [-0.25, -0.2) is 4.79 Å². The predicted molar refractivity (Wildman–Crippen MR) is 120 cm³/mol. The van der Waals surface area contributed by atoms with Crippen molar-refractivity contribution in [2.45, 2.75) is 13.8 Å². The highest BCUT2D eigenvalue weighted by molar-refractivity contribution is 5.96. The Morgan fingerprint density at radius 1 is 0.844 bits per heavy atom. The summed E-state index contributed by atoms with van der Waals surface area (Å²) in [5, 5.41) is 2.65. The highest BCUT2D eigenvalue weighted by atomic mass is 16.5. The normalized spacial score (nSPS) is 10.4. The second-order valence-electron chi connectivity index (χ2n) is 7.04. The number of methoxy groups -OCH3 is 3. The molecule has 3 aromatic rings. The highest BCUT2D eigenvalue weighted by Crippen LogP contribution is 2.39. The van der Waals surface area contributed by atoms with Crippen molar-refractivity contribution in [2.75, 3.05) is 33.3 Å². The van der Waals surface area contributed by atoms with Crippen molar-refractivity contribution >= 4 is 17.6 Å². The molecule has 0 aliphatic rings. The largest absolute Gasteiger partial charge is 0.493 e. The molecule has 0 atom stereocenters. The molecule has 168 valence electrons. The van der Waals surface area contributed by atoms with Crippen LogP contribution in [0, 0.1) is 13.8 Å². The fourth-order valence-corrected chi connectivity index (χ4v) is 3.39. The molecule has 32 heavy (non-hydrogen) atoms. The zero-order valence-electron chi connectivity index (χ0n) is 18.7. The summed E-state index contributed by atoms with van der Waals surface area (Å²) in [5.74, 6) is 0.119. The van der Waals surface area contributed by atoms with Gasteiger partial charge in [0.25, 0.3) is 5.91 Å². The van der Waals surface area contributed by atoms with E-state index in [0.717, 1.165) is 17.1 Å². The van der Waals surface area contributed by atoms with E-state index in [1.165, 1.54) is 21.3 Å². The first-order valence-corrected chi connectivity index (χ1v) is 9.90. The quantitative estimate of drug-likeness (QED) is 0.537. The summed E-state index contributed by atoms with van der Waals surface area (Å²) in [4.78, 5) is 24.6. The van der Waals surface area contributed by atoms with E-state index in [2.05, 4.69) is 9.88 Å². The maximum absolute atomic E-state index is 12.4. The first-order valence-electron chi connectivity index (χ1n) is 9.90. The molecule has 0 saturated carbocycles. The molecule has 8 heteroatoms. The molecule has 1 amide bonds. The molecular formula is C24H26N2O6. The van der Waals surface area contributed by atoms with E-state index in [-0.39, 0.29) is 0 Å². The summed E-state index contributed by atoms with van der Waals surface area (Å²) >= 11 is 0. The van der Waals surface area contributed by atoms with Crippen LogP contribution in [0.2, 0.25) is 0 Å². The molecule has 0 aliphatic heterocycles. The van der Waals surface area contributed by atoms with Gasteiger partial charge in [-0.05, 0) is 50.2 Å². The van der Waals surface area contributed by atoms with Gasteiger partial charge in [-0.1, -0.05) is 0 Å². The maximum Gasteiger partial charge on any atom is 0.338 e. The van der Waals surface area contributed by atoms with Crippen molar-refractivity contribution in [1.29, 1.82) is 0 Å². The topological polar surface area (TPSA) is 88.0 Å². The van der Waals surface area contributed by atoms with Gasteiger partial charge in [-0.2, -0.15) is 0 Å². The van der Waals surface area contributed by atoms with E-state index in [0.29, 0.717) is 28.5 Å². The van der Waals surface area contributed by atoms with Crippen LogP contribution < -0.4 is 19.5 Å². The van der Waals surface area contributed by atoms with Crippen LogP contribution in [-0.2, 0) is 9.53 Å². The molecule has 1 N–H and O–H groups in total. The number of benzene rings is 2. The molecular weight excluding hydrogens is 412 g/mol. The molecule has 0 aliphatic carbocycles. The summed E-state index contributed by atoms with van der Waals surface area (Å²) in [7, 11) is 4.45. The average molecular weight is 438 g/mol. The van der Waals surface area contributed by atoms with Gasteiger partial charge in [0.2, 0.25) is 5.75 Å². The van der Waals surface area contributed by atoms with Crippen LogP contribution in [-0.4, -0.2) is 44.4 Å². The Labute approximate surface area is 186 Å². The third-order valence-electron chi connectivity index (χ3n) is 4.92. The third kappa shape index (κ3) is 4.85. The van der Waals surface area contributed by atoms with Crippen LogP contribution >= 0.6 is 0 Å². The summed E-state index contributed by atoms with van der Waals surface area (Å²) in [6.45, 7) is 3.59. The Kier molecular flexibility index (Phi) is 7.04. The van der Waals surface area contributed by atoms with Gasteiger partial charge in [0.1, 0.15) is 0 Å². The Balaban J connectivity index is 1.62. The zero-order chi connectivity index (χ0) is 23.3. The number of carbonyl (C=O) groups excluding carboxylic acids is 2. The van der Waals surface area contributed by atoms with E-state index in [9.17, 15) is 9.59 Å². The monoisotopic (exact) mass is 438 g/mol. The second-order valence-corrected chi connectivity index (χ2v) is 7.04. The van der Waals surface area contributed by atoms with Crippen LogP contribution in [0.4, 0.5) is 5.69 Å². The molecule has 1 heterocycles. The third-order valence-corrected chi connectivity index (χ3v) is 4.92. The number of aryl methyl sites for hydroxylation is 2. The van der Waals surface area contributed by atoms with Crippen molar-refractivity contribution in [2.24, 2.45) is 0 Å². The van der Waals surface area contributed by atoms with Gasteiger partial charge in [-0.15, -0.1) is 0 Å². The summed E-state index contributed by atoms with van der Waals surface area (Å²) in [6, 6.07) is 14.3. The number of rotatable bonds is 8. The first-order chi connectivity index (χ1) is 15.4. The Morgan fingerprint density at radius 2 is 1.41 bits per heavy atom. The van der Waals surface area contributed by atoms with Crippen LogP contribution in [0.1, 0.15) is 21.7 Å². The number of nitrogens with one attached hydrogen (secondary N) is 1. The minimum Gasteiger partial charge on any atom is -0.493 e. The lowest BCUT2D eigenvalue weighted by molar-refractivity contribution is -0.119. The molecule has 0 radical (unpaired) electrons. The van der Waals surface area contributed by atoms with Crippen molar-refractivity contribution in [3.8, 4) is 22.9 Å². The molecule has 0 bridgehead atoms. The fraction of sp³-hybridized carbons (Fsp3) is 0.250. The molecule has 2 aromatic carbocycles. The average Bonchev–Trinajstić information content (AvgIpc) is 3.14. The maximum atomic E-state index is 12.4. The lowest BCUT2D eigenvalue weighted by Crippen LogP contribution is -2.21. The number of aromatic nitrogens is 1. The predicted octanol–water partition coefficient (Wildman–Crippen LogP) is 3.92.